The second-order valence-corrected chi connectivity index (χ2v) is 4.88. The van der Waals surface area contributed by atoms with E-state index in [0.29, 0.717) is 0 Å². The van der Waals surface area contributed by atoms with E-state index in [-0.39, 0.29) is 0 Å². The lowest BCUT2D eigenvalue weighted by atomic mass is 10.2. The highest BCUT2D eigenvalue weighted by atomic mass is 16.3. The summed E-state index contributed by atoms with van der Waals surface area (Å²) in [4.78, 5) is 6.26. The third-order valence-electron chi connectivity index (χ3n) is 3.04. The van der Waals surface area contributed by atoms with E-state index in [4.69, 9.17) is 4.42 Å². The molecule has 0 aliphatic carbocycles. The van der Waals surface area contributed by atoms with Gasteiger partial charge < -0.3 is 9.73 Å². The lowest BCUT2D eigenvalue weighted by molar-refractivity contribution is 0.283. The Labute approximate surface area is 114 Å². The lowest BCUT2D eigenvalue weighted by Gasteiger charge is -2.14. The molecule has 2 rings (SSSR count). The van der Waals surface area contributed by atoms with Gasteiger partial charge in [-0.15, -0.1) is 0 Å². The van der Waals surface area contributed by atoms with E-state index in [2.05, 4.69) is 35.2 Å². The zero-order valence-corrected chi connectivity index (χ0v) is 11.8. The largest absolute Gasteiger partial charge is 0.463 e. The fourth-order valence-corrected chi connectivity index (χ4v) is 2.13. The van der Waals surface area contributed by atoms with Crippen molar-refractivity contribution < 1.29 is 4.42 Å². The van der Waals surface area contributed by atoms with E-state index < -0.39 is 0 Å². The Balaban J connectivity index is 1.95. The van der Waals surface area contributed by atoms with Crippen molar-refractivity contribution >= 4 is 0 Å². The van der Waals surface area contributed by atoms with Crippen molar-refractivity contribution in [2.75, 3.05) is 14.1 Å². The van der Waals surface area contributed by atoms with Crippen LogP contribution < -0.4 is 5.32 Å². The minimum Gasteiger partial charge on any atom is -0.463 e. The minimum absolute atomic E-state index is 0.778. The SMILES string of the molecule is CNCc1oc(CN(C)Cc2ccncc2)cc1C. The van der Waals surface area contributed by atoms with Gasteiger partial charge in [-0.1, -0.05) is 0 Å². The summed E-state index contributed by atoms with van der Waals surface area (Å²) in [6.07, 6.45) is 3.65. The zero-order chi connectivity index (χ0) is 13.7. The summed E-state index contributed by atoms with van der Waals surface area (Å²) in [6, 6.07) is 6.20. The summed E-state index contributed by atoms with van der Waals surface area (Å²) in [5.41, 5.74) is 2.47. The van der Waals surface area contributed by atoms with Crippen LogP contribution in [0.5, 0.6) is 0 Å². The second kappa shape index (κ2) is 6.50. The maximum Gasteiger partial charge on any atom is 0.120 e. The van der Waals surface area contributed by atoms with Gasteiger partial charge in [0.2, 0.25) is 0 Å². The molecule has 0 bridgehead atoms. The molecule has 4 heteroatoms. The van der Waals surface area contributed by atoms with Crippen LogP contribution in [0.15, 0.2) is 35.0 Å². The van der Waals surface area contributed by atoms with Gasteiger partial charge in [-0.05, 0) is 50.3 Å². The number of aryl methyl sites for hydroxylation is 1. The van der Waals surface area contributed by atoms with E-state index in [0.717, 1.165) is 31.2 Å². The van der Waals surface area contributed by atoms with Crippen molar-refractivity contribution in [2.45, 2.75) is 26.6 Å². The topological polar surface area (TPSA) is 41.3 Å². The molecule has 0 radical (unpaired) electrons. The van der Waals surface area contributed by atoms with Gasteiger partial charge in [0.15, 0.2) is 0 Å². The van der Waals surface area contributed by atoms with E-state index in [1.54, 1.807) is 0 Å². The third kappa shape index (κ3) is 3.91. The summed E-state index contributed by atoms with van der Waals surface area (Å²) < 4.78 is 5.85. The van der Waals surface area contributed by atoms with E-state index in [1.807, 2.05) is 31.6 Å². The molecule has 2 aromatic rings. The standard InChI is InChI=1S/C15H21N3O/c1-12-8-14(19-15(12)9-16-2)11-18(3)10-13-4-6-17-7-5-13/h4-8,16H,9-11H2,1-3H3. The van der Waals surface area contributed by atoms with Crippen molar-refractivity contribution in [2.24, 2.45) is 0 Å². The van der Waals surface area contributed by atoms with Crippen LogP contribution in [-0.4, -0.2) is 24.0 Å². The fourth-order valence-electron chi connectivity index (χ4n) is 2.13. The second-order valence-electron chi connectivity index (χ2n) is 4.88. The fraction of sp³-hybridized carbons (Fsp3) is 0.400. The summed E-state index contributed by atoms with van der Waals surface area (Å²) in [5.74, 6) is 2.04. The van der Waals surface area contributed by atoms with Gasteiger partial charge in [-0.2, -0.15) is 0 Å². The van der Waals surface area contributed by atoms with Crippen molar-refractivity contribution in [1.29, 1.82) is 0 Å². The first-order valence-electron chi connectivity index (χ1n) is 6.49. The number of hydrogen-bond acceptors (Lipinski definition) is 4. The Morgan fingerprint density at radius 3 is 2.68 bits per heavy atom. The molecule has 0 unspecified atom stereocenters. The maximum absolute atomic E-state index is 5.85. The summed E-state index contributed by atoms with van der Waals surface area (Å²) in [6.45, 7) is 4.57. The van der Waals surface area contributed by atoms with Crippen LogP contribution in [0.3, 0.4) is 0 Å². The number of pyridine rings is 1. The van der Waals surface area contributed by atoms with Crippen LogP contribution in [-0.2, 0) is 19.6 Å². The molecule has 2 heterocycles. The Morgan fingerprint density at radius 2 is 2.00 bits per heavy atom. The summed E-state index contributed by atoms with van der Waals surface area (Å²) in [7, 11) is 4.02. The summed E-state index contributed by atoms with van der Waals surface area (Å²) in [5, 5.41) is 3.12. The van der Waals surface area contributed by atoms with E-state index in [1.165, 1.54) is 11.1 Å². The number of furan rings is 1. The molecule has 0 aliphatic heterocycles. The van der Waals surface area contributed by atoms with Crippen molar-refractivity contribution in [3.63, 3.8) is 0 Å². The lowest BCUT2D eigenvalue weighted by Crippen LogP contribution is -2.16. The molecule has 0 spiro atoms. The summed E-state index contributed by atoms with van der Waals surface area (Å²) >= 11 is 0. The van der Waals surface area contributed by atoms with Gasteiger partial charge >= 0.3 is 0 Å². The molecule has 0 atom stereocenters. The van der Waals surface area contributed by atoms with Gasteiger partial charge in [0.05, 0.1) is 13.1 Å². The van der Waals surface area contributed by atoms with Gasteiger partial charge in [-0.25, -0.2) is 0 Å². The molecule has 4 nitrogen and oxygen atoms in total. The molecule has 0 aromatic carbocycles. The Morgan fingerprint density at radius 1 is 1.26 bits per heavy atom. The van der Waals surface area contributed by atoms with Gasteiger partial charge in [0, 0.05) is 18.9 Å². The molecule has 0 fully saturated rings. The molecular weight excluding hydrogens is 238 g/mol. The van der Waals surface area contributed by atoms with Gasteiger partial charge in [0.1, 0.15) is 11.5 Å². The molecule has 0 saturated carbocycles. The number of rotatable bonds is 6. The number of hydrogen-bond donors (Lipinski definition) is 1. The Bertz CT molecular complexity index is 507. The van der Waals surface area contributed by atoms with Crippen LogP contribution >= 0.6 is 0 Å². The molecule has 102 valence electrons. The molecule has 19 heavy (non-hydrogen) atoms. The predicted octanol–water partition coefficient (Wildman–Crippen LogP) is 2.33. The highest BCUT2D eigenvalue weighted by molar-refractivity contribution is 5.20. The highest BCUT2D eigenvalue weighted by Gasteiger charge is 2.09. The third-order valence-corrected chi connectivity index (χ3v) is 3.04. The van der Waals surface area contributed by atoms with Crippen molar-refractivity contribution in [3.8, 4) is 0 Å². The zero-order valence-electron chi connectivity index (χ0n) is 11.8. The van der Waals surface area contributed by atoms with Gasteiger partial charge in [0.25, 0.3) is 0 Å². The monoisotopic (exact) mass is 259 g/mol. The van der Waals surface area contributed by atoms with Gasteiger partial charge in [-0.3, -0.25) is 9.88 Å². The molecular formula is C15H21N3O. The first kappa shape index (κ1) is 13.8. The number of aromatic nitrogens is 1. The van der Waals surface area contributed by atoms with E-state index >= 15 is 0 Å². The Hall–Kier alpha value is -1.65. The minimum atomic E-state index is 0.778. The van der Waals surface area contributed by atoms with Crippen molar-refractivity contribution in [3.05, 3.63) is 53.2 Å². The average Bonchev–Trinajstić information content (AvgIpc) is 2.71. The molecule has 0 amide bonds. The molecule has 1 N–H and O–H groups in total. The first-order valence-corrected chi connectivity index (χ1v) is 6.49. The highest BCUT2D eigenvalue weighted by Crippen LogP contribution is 2.16. The smallest absolute Gasteiger partial charge is 0.120 e. The predicted molar refractivity (Wildman–Crippen MR) is 75.6 cm³/mol. The normalized spacial score (nSPS) is 11.2. The molecule has 0 saturated heterocycles. The van der Waals surface area contributed by atoms with Crippen LogP contribution in [0, 0.1) is 6.92 Å². The quantitative estimate of drug-likeness (QED) is 0.864. The molecule has 2 aromatic heterocycles. The first-order chi connectivity index (χ1) is 9.19. The van der Waals surface area contributed by atoms with Crippen LogP contribution in [0.1, 0.15) is 22.6 Å². The van der Waals surface area contributed by atoms with Crippen LogP contribution in [0.4, 0.5) is 0 Å². The Kier molecular flexibility index (Phi) is 4.71. The number of nitrogens with one attached hydrogen (secondary N) is 1. The molecule has 0 aliphatic rings. The number of nitrogens with zero attached hydrogens (tertiary/aromatic N) is 2. The maximum atomic E-state index is 5.85. The van der Waals surface area contributed by atoms with E-state index in [9.17, 15) is 0 Å². The van der Waals surface area contributed by atoms with Crippen molar-refractivity contribution in [1.82, 2.24) is 15.2 Å². The average molecular weight is 259 g/mol. The van der Waals surface area contributed by atoms with Crippen LogP contribution in [0.25, 0.3) is 0 Å². The van der Waals surface area contributed by atoms with Crippen LogP contribution in [0.2, 0.25) is 0 Å².